The standard InChI is InChI=1S/C27H38N4O2/c1-25(2,3)19-7-11-21(12-8-19)29-23(32)27(28)15-17-31(18-16-27)24(33)30-22-13-9-20(10-14-22)26(4,5)6/h7-14H,15-18,28H2,1-6H3,(H,29,32)(H,30,33). The van der Waals surface area contributed by atoms with Crippen LogP contribution >= 0.6 is 0 Å². The Hall–Kier alpha value is -2.86. The van der Waals surface area contributed by atoms with Gasteiger partial charge in [-0.2, -0.15) is 0 Å². The van der Waals surface area contributed by atoms with Gasteiger partial charge in [0.25, 0.3) is 0 Å². The number of nitrogens with one attached hydrogen (secondary N) is 2. The van der Waals surface area contributed by atoms with E-state index in [2.05, 4.69) is 52.2 Å². The lowest BCUT2D eigenvalue weighted by atomic mass is 9.86. The van der Waals surface area contributed by atoms with Crippen LogP contribution in [0.15, 0.2) is 48.5 Å². The molecule has 0 aliphatic carbocycles. The molecule has 0 radical (unpaired) electrons. The molecule has 0 spiro atoms. The van der Waals surface area contributed by atoms with Crippen molar-refractivity contribution in [3.63, 3.8) is 0 Å². The van der Waals surface area contributed by atoms with Gasteiger partial charge in [0, 0.05) is 24.5 Å². The zero-order chi connectivity index (χ0) is 24.4. The van der Waals surface area contributed by atoms with E-state index in [1.807, 2.05) is 48.5 Å². The number of carbonyl (C=O) groups is 2. The molecule has 6 nitrogen and oxygen atoms in total. The first-order valence-electron chi connectivity index (χ1n) is 11.7. The smallest absolute Gasteiger partial charge is 0.321 e. The molecule has 4 N–H and O–H groups in total. The first-order chi connectivity index (χ1) is 15.3. The van der Waals surface area contributed by atoms with E-state index < -0.39 is 5.54 Å². The predicted molar refractivity (Wildman–Crippen MR) is 136 cm³/mol. The van der Waals surface area contributed by atoms with E-state index in [0.29, 0.717) is 25.9 Å². The van der Waals surface area contributed by atoms with Crippen LogP contribution in [0, 0.1) is 0 Å². The number of urea groups is 1. The molecule has 1 aliphatic heterocycles. The van der Waals surface area contributed by atoms with Gasteiger partial charge in [0.1, 0.15) is 0 Å². The van der Waals surface area contributed by atoms with Crippen molar-refractivity contribution >= 4 is 23.3 Å². The fourth-order valence-electron chi connectivity index (χ4n) is 3.90. The van der Waals surface area contributed by atoms with Crippen LogP contribution in [0.1, 0.15) is 65.5 Å². The van der Waals surface area contributed by atoms with E-state index in [4.69, 9.17) is 5.73 Å². The summed E-state index contributed by atoms with van der Waals surface area (Å²) >= 11 is 0. The Labute approximate surface area is 197 Å². The van der Waals surface area contributed by atoms with E-state index >= 15 is 0 Å². The highest BCUT2D eigenvalue weighted by atomic mass is 16.2. The number of hydrogen-bond acceptors (Lipinski definition) is 3. The summed E-state index contributed by atoms with van der Waals surface area (Å²) in [5, 5.41) is 5.90. The zero-order valence-corrected chi connectivity index (χ0v) is 20.8. The molecular weight excluding hydrogens is 412 g/mol. The molecule has 6 heteroatoms. The summed E-state index contributed by atoms with van der Waals surface area (Å²) in [6.45, 7) is 13.8. The van der Waals surface area contributed by atoms with Crippen molar-refractivity contribution in [2.24, 2.45) is 5.73 Å². The van der Waals surface area contributed by atoms with Crippen molar-refractivity contribution in [3.05, 3.63) is 59.7 Å². The van der Waals surface area contributed by atoms with Crippen LogP contribution in [0.4, 0.5) is 16.2 Å². The highest BCUT2D eigenvalue weighted by Crippen LogP contribution is 2.27. The summed E-state index contributed by atoms with van der Waals surface area (Å²) in [5.41, 5.74) is 9.49. The molecule has 0 unspecified atom stereocenters. The number of nitrogens with zero attached hydrogens (tertiary/aromatic N) is 1. The molecule has 1 aliphatic rings. The van der Waals surface area contributed by atoms with E-state index in [1.54, 1.807) is 4.90 Å². The molecule has 0 bridgehead atoms. The second kappa shape index (κ2) is 9.18. The molecule has 2 aromatic rings. The average Bonchev–Trinajstić information content (AvgIpc) is 2.73. The van der Waals surface area contributed by atoms with Gasteiger partial charge in [0.05, 0.1) is 5.54 Å². The molecule has 0 aromatic heterocycles. The largest absolute Gasteiger partial charge is 0.324 e. The Morgan fingerprint density at radius 3 is 1.55 bits per heavy atom. The maximum absolute atomic E-state index is 12.9. The number of likely N-dealkylation sites (tertiary alicyclic amines) is 1. The first-order valence-corrected chi connectivity index (χ1v) is 11.7. The number of rotatable bonds is 3. The maximum Gasteiger partial charge on any atom is 0.321 e. The summed E-state index contributed by atoms with van der Waals surface area (Å²) in [6, 6.07) is 15.6. The second-order valence-electron chi connectivity index (χ2n) is 11.2. The minimum absolute atomic E-state index is 0.0552. The summed E-state index contributed by atoms with van der Waals surface area (Å²) in [6.07, 6.45) is 0.824. The summed E-state index contributed by atoms with van der Waals surface area (Å²) in [5.74, 6) is -0.205. The Bertz CT molecular complexity index is 975. The van der Waals surface area contributed by atoms with E-state index in [1.165, 1.54) is 11.1 Å². The predicted octanol–water partition coefficient (Wildman–Crippen LogP) is 5.25. The third-order valence-corrected chi connectivity index (χ3v) is 6.41. The molecule has 3 amide bonds. The van der Waals surface area contributed by atoms with Gasteiger partial charge in [-0.05, 0) is 59.1 Å². The van der Waals surface area contributed by atoms with Gasteiger partial charge < -0.3 is 21.3 Å². The Morgan fingerprint density at radius 2 is 1.15 bits per heavy atom. The molecule has 0 atom stereocenters. The molecule has 2 aromatic carbocycles. The van der Waals surface area contributed by atoms with Crippen molar-refractivity contribution in [3.8, 4) is 0 Å². The van der Waals surface area contributed by atoms with Gasteiger partial charge in [-0.25, -0.2) is 4.79 Å². The molecule has 1 fully saturated rings. The highest BCUT2D eigenvalue weighted by molar-refractivity contribution is 5.98. The molecule has 1 saturated heterocycles. The summed E-state index contributed by atoms with van der Waals surface area (Å²) in [7, 11) is 0. The van der Waals surface area contributed by atoms with Crippen LogP contribution in [-0.2, 0) is 15.6 Å². The lowest BCUT2D eigenvalue weighted by Gasteiger charge is -2.38. The summed E-state index contributed by atoms with van der Waals surface area (Å²) in [4.78, 5) is 27.3. The fraction of sp³-hybridized carbons (Fsp3) is 0.481. The highest BCUT2D eigenvalue weighted by Gasteiger charge is 2.39. The van der Waals surface area contributed by atoms with Crippen LogP contribution in [0.25, 0.3) is 0 Å². The van der Waals surface area contributed by atoms with Crippen LogP contribution in [-0.4, -0.2) is 35.5 Å². The van der Waals surface area contributed by atoms with Crippen molar-refractivity contribution < 1.29 is 9.59 Å². The lowest BCUT2D eigenvalue weighted by Crippen LogP contribution is -2.58. The van der Waals surface area contributed by atoms with Crippen molar-refractivity contribution in [1.29, 1.82) is 0 Å². The minimum atomic E-state index is -0.992. The zero-order valence-electron chi connectivity index (χ0n) is 20.8. The second-order valence-corrected chi connectivity index (χ2v) is 11.2. The number of amides is 3. The van der Waals surface area contributed by atoms with Crippen molar-refractivity contribution in [2.75, 3.05) is 23.7 Å². The number of hydrogen-bond donors (Lipinski definition) is 3. The molecule has 0 saturated carbocycles. The number of piperidine rings is 1. The maximum atomic E-state index is 12.9. The topological polar surface area (TPSA) is 87.5 Å². The van der Waals surface area contributed by atoms with Crippen molar-refractivity contribution in [2.45, 2.75) is 70.8 Å². The third-order valence-electron chi connectivity index (χ3n) is 6.41. The SMILES string of the molecule is CC(C)(C)c1ccc(NC(=O)N2CCC(N)(C(=O)Nc3ccc(C(C)(C)C)cc3)CC2)cc1. The number of anilines is 2. The Kier molecular flexibility index (Phi) is 6.89. The quantitative estimate of drug-likeness (QED) is 0.597. The first kappa shape index (κ1) is 24.8. The van der Waals surface area contributed by atoms with Crippen LogP contribution < -0.4 is 16.4 Å². The van der Waals surface area contributed by atoms with Crippen LogP contribution in [0.2, 0.25) is 0 Å². The van der Waals surface area contributed by atoms with Crippen molar-refractivity contribution in [1.82, 2.24) is 4.90 Å². The number of benzene rings is 2. The van der Waals surface area contributed by atoms with E-state index in [-0.39, 0.29) is 22.8 Å². The van der Waals surface area contributed by atoms with Gasteiger partial charge in [0.15, 0.2) is 0 Å². The lowest BCUT2D eigenvalue weighted by molar-refractivity contribution is -0.122. The number of carbonyl (C=O) groups excluding carboxylic acids is 2. The third kappa shape index (κ3) is 6.14. The van der Waals surface area contributed by atoms with Gasteiger partial charge in [0.2, 0.25) is 5.91 Å². The van der Waals surface area contributed by atoms with Gasteiger partial charge in [-0.3, -0.25) is 4.79 Å². The van der Waals surface area contributed by atoms with Gasteiger partial charge in [-0.15, -0.1) is 0 Å². The Balaban J connectivity index is 1.54. The Morgan fingerprint density at radius 1 is 0.758 bits per heavy atom. The van der Waals surface area contributed by atoms with E-state index in [0.717, 1.165) is 11.4 Å². The van der Waals surface area contributed by atoms with E-state index in [9.17, 15) is 9.59 Å². The summed E-state index contributed by atoms with van der Waals surface area (Å²) < 4.78 is 0. The molecule has 3 rings (SSSR count). The fourth-order valence-corrected chi connectivity index (χ4v) is 3.90. The molecular formula is C27H38N4O2. The normalized spacial score (nSPS) is 16.3. The van der Waals surface area contributed by atoms with Gasteiger partial charge >= 0.3 is 6.03 Å². The van der Waals surface area contributed by atoms with Crippen LogP contribution in [0.3, 0.4) is 0 Å². The molecule has 1 heterocycles. The van der Waals surface area contributed by atoms with Crippen LogP contribution in [0.5, 0.6) is 0 Å². The molecule has 178 valence electrons. The van der Waals surface area contributed by atoms with Gasteiger partial charge in [-0.1, -0.05) is 65.8 Å². The minimum Gasteiger partial charge on any atom is -0.324 e. The monoisotopic (exact) mass is 450 g/mol. The average molecular weight is 451 g/mol. The molecule has 33 heavy (non-hydrogen) atoms. The number of nitrogens with two attached hydrogens (primary N) is 1.